The van der Waals surface area contributed by atoms with Crippen molar-refractivity contribution < 1.29 is 12.8 Å². The Kier molecular flexibility index (Phi) is 3.87. The van der Waals surface area contributed by atoms with E-state index in [1.54, 1.807) is 19.1 Å². The number of sulfonamides is 1. The minimum atomic E-state index is -3.85. The first-order valence-electron chi connectivity index (χ1n) is 5.63. The maximum absolute atomic E-state index is 13.0. The lowest BCUT2D eigenvalue weighted by Crippen LogP contribution is -2.15. The third kappa shape index (κ3) is 3.02. The van der Waals surface area contributed by atoms with Crippen molar-refractivity contribution in [2.45, 2.75) is 11.8 Å². The predicted octanol–water partition coefficient (Wildman–Crippen LogP) is 3.17. The van der Waals surface area contributed by atoms with Gasteiger partial charge in [-0.2, -0.15) is 0 Å². The van der Waals surface area contributed by atoms with Crippen molar-refractivity contribution in [3.05, 3.63) is 52.8 Å². The summed E-state index contributed by atoms with van der Waals surface area (Å²) in [7, 11) is -3.85. The number of rotatable bonds is 3. The van der Waals surface area contributed by atoms with Crippen molar-refractivity contribution in [3.63, 3.8) is 0 Å². The van der Waals surface area contributed by atoms with Crippen LogP contribution in [0.4, 0.5) is 15.8 Å². The van der Waals surface area contributed by atoms with E-state index in [1.165, 1.54) is 18.2 Å². The SMILES string of the molecule is Cc1ccc(S(=O)(=O)Nc2ccc(F)c(Cl)c2)c(N)c1. The quantitative estimate of drug-likeness (QED) is 0.855. The van der Waals surface area contributed by atoms with Gasteiger partial charge in [-0.25, -0.2) is 12.8 Å². The van der Waals surface area contributed by atoms with E-state index in [0.717, 1.165) is 11.6 Å². The number of hydrogen-bond donors (Lipinski definition) is 2. The van der Waals surface area contributed by atoms with Crippen molar-refractivity contribution in [1.82, 2.24) is 0 Å². The Bertz CT molecular complexity index is 763. The average Bonchev–Trinajstić information content (AvgIpc) is 2.33. The highest BCUT2D eigenvalue weighted by Gasteiger charge is 2.18. The lowest BCUT2D eigenvalue weighted by molar-refractivity contribution is 0.601. The number of halogens is 2. The summed E-state index contributed by atoms with van der Waals surface area (Å²) in [6.45, 7) is 1.81. The fourth-order valence-electron chi connectivity index (χ4n) is 1.68. The van der Waals surface area contributed by atoms with Crippen LogP contribution in [0.2, 0.25) is 5.02 Å². The van der Waals surface area contributed by atoms with E-state index in [2.05, 4.69) is 4.72 Å². The van der Waals surface area contributed by atoms with Gasteiger partial charge in [-0.05, 0) is 42.8 Å². The summed E-state index contributed by atoms with van der Waals surface area (Å²) < 4.78 is 39.7. The largest absolute Gasteiger partial charge is 0.398 e. The Morgan fingerprint density at radius 3 is 2.50 bits per heavy atom. The van der Waals surface area contributed by atoms with Gasteiger partial charge in [0.25, 0.3) is 10.0 Å². The number of hydrogen-bond acceptors (Lipinski definition) is 3. The van der Waals surface area contributed by atoms with Gasteiger partial charge >= 0.3 is 0 Å². The van der Waals surface area contributed by atoms with Crippen LogP contribution in [-0.2, 0) is 10.0 Å². The number of aryl methyl sites for hydroxylation is 1. The summed E-state index contributed by atoms with van der Waals surface area (Å²) in [5.41, 5.74) is 6.87. The van der Waals surface area contributed by atoms with Crippen LogP contribution in [-0.4, -0.2) is 8.42 Å². The molecule has 2 rings (SSSR count). The van der Waals surface area contributed by atoms with E-state index in [1.807, 2.05) is 0 Å². The van der Waals surface area contributed by atoms with Crippen molar-refractivity contribution in [2.75, 3.05) is 10.5 Å². The molecule has 0 saturated carbocycles. The molecule has 0 radical (unpaired) electrons. The van der Waals surface area contributed by atoms with E-state index in [4.69, 9.17) is 17.3 Å². The molecule has 0 saturated heterocycles. The zero-order valence-electron chi connectivity index (χ0n) is 10.5. The van der Waals surface area contributed by atoms with Gasteiger partial charge in [-0.15, -0.1) is 0 Å². The molecule has 7 heteroatoms. The Morgan fingerprint density at radius 2 is 1.90 bits per heavy atom. The maximum atomic E-state index is 13.0. The molecule has 20 heavy (non-hydrogen) atoms. The number of nitrogen functional groups attached to an aromatic ring is 1. The monoisotopic (exact) mass is 314 g/mol. The first-order valence-corrected chi connectivity index (χ1v) is 7.50. The Balaban J connectivity index is 2.38. The van der Waals surface area contributed by atoms with Crippen LogP contribution in [0.15, 0.2) is 41.3 Å². The minimum absolute atomic E-state index is 0.0384. The molecule has 0 bridgehead atoms. The van der Waals surface area contributed by atoms with Gasteiger partial charge in [0, 0.05) is 0 Å². The van der Waals surface area contributed by atoms with E-state index >= 15 is 0 Å². The number of benzene rings is 2. The summed E-state index contributed by atoms with van der Waals surface area (Å²) >= 11 is 5.61. The summed E-state index contributed by atoms with van der Waals surface area (Å²) in [4.78, 5) is -0.0384. The molecule has 2 aromatic carbocycles. The van der Waals surface area contributed by atoms with E-state index < -0.39 is 15.8 Å². The van der Waals surface area contributed by atoms with Crippen LogP contribution >= 0.6 is 11.6 Å². The highest BCUT2D eigenvalue weighted by Crippen LogP contribution is 2.25. The molecule has 106 valence electrons. The van der Waals surface area contributed by atoms with Crippen molar-refractivity contribution in [1.29, 1.82) is 0 Å². The molecule has 0 spiro atoms. The van der Waals surface area contributed by atoms with Crippen molar-refractivity contribution in [3.8, 4) is 0 Å². The zero-order valence-corrected chi connectivity index (χ0v) is 12.1. The normalized spacial score (nSPS) is 11.3. The first-order chi connectivity index (χ1) is 9.29. The van der Waals surface area contributed by atoms with E-state index in [-0.39, 0.29) is 21.3 Å². The number of anilines is 2. The van der Waals surface area contributed by atoms with E-state index in [0.29, 0.717) is 0 Å². The molecule has 0 aliphatic carbocycles. The van der Waals surface area contributed by atoms with Gasteiger partial charge in [0.2, 0.25) is 0 Å². The van der Waals surface area contributed by atoms with Gasteiger partial charge in [0.1, 0.15) is 10.7 Å². The fraction of sp³-hybridized carbons (Fsp3) is 0.0769. The summed E-state index contributed by atoms with van der Waals surface area (Å²) in [6.07, 6.45) is 0. The Hall–Kier alpha value is -1.79. The second kappa shape index (κ2) is 5.30. The topological polar surface area (TPSA) is 72.2 Å². The van der Waals surface area contributed by atoms with Gasteiger partial charge in [-0.1, -0.05) is 17.7 Å². The first kappa shape index (κ1) is 14.6. The van der Waals surface area contributed by atoms with Gasteiger partial charge in [0.05, 0.1) is 16.4 Å². The van der Waals surface area contributed by atoms with Gasteiger partial charge in [-0.3, -0.25) is 4.72 Å². The second-order valence-electron chi connectivity index (χ2n) is 4.28. The Morgan fingerprint density at radius 1 is 1.20 bits per heavy atom. The number of nitrogens with two attached hydrogens (primary N) is 1. The van der Waals surface area contributed by atoms with Gasteiger partial charge in [0.15, 0.2) is 0 Å². The molecule has 0 aliphatic heterocycles. The molecule has 0 aliphatic rings. The smallest absolute Gasteiger partial charge is 0.263 e. The molecule has 0 unspecified atom stereocenters. The lowest BCUT2D eigenvalue weighted by atomic mass is 10.2. The summed E-state index contributed by atoms with van der Waals surface area (Å²) in [5, 5.41) is -0.165. The average molecular weight is 315 g/mol. The minimum Gasteiger partial charge on any atom is -0.398 e. The molecule has 0 atom stereocenters. The molecule has 2 aromatic rings. The lowest BCUT2D eigenvalue weighted by Gasteiger charge is -2.11. The molecule has 0 fully saturated rings. The second-order valence-corrected chi connectivity index (χ2v) is 6.33. The third-order valence-electron chi connectivity index (χ3n) is 2.63. The van der Waals surface area contributed by atoms with Crippen LogP contribution in [0.25, 0.3) is 0 Å². The molecule has 4 nitrogen and oxygen atoms in total. The van der Waals surface area contributed by atoms with E-state index in [9.17, 15) is 12.8 Å². The summed E-state index contributed by atoms with van der Waals surface area (Å²) in [6, 6.07) is 8.17. The third-order valence-corrected chi connectivity index (χ3v) is 4.37. The fourth-order valence-corrected chi connectivity index (χ4v) is 3.03. The van der Waals surface area contributed by atoms with Crippen LogP contribution < -0.4 is 10.5 Å². The predicted molar refractivity (Wildman–Crippen MR) is 77.8 cm³/mol. The van der Waals surface area contributed by atoms with Crippen LogP contribution in [0.5, 0.6) is 0 Å². The highest BCUT2D eigenvalue weighted by molar-refractivity contribution is 7.92. The van der Waals surface area contributed by atoms with Crippen molar-refractivity contribution in [2.24, 2.45) is 0 Å². The van der Waals surface area contributed by atoms with Crippen molar-refractivity contribution >= 4 is 33.0 Å². The number of nitrogens with one attached hydrogen (secondary N) is 1. The van der Waals surface area contributed by atoms with Crippen LogP contribution in [0.3, 0.4) is 0 Å². The summed E-state index contributed by atoms with van der Waals surface area (Å²) in [5.74, 6) is -0.621. The molecule has 0 aromatic heterocycles. The van der Waals surface area contributed by atoms with Gasteiger partial charge < -0.3 is 5.73 Å². The van der Waals surface area contributed by atoms with Crippen LogP contribution in [0, 0.1) is 12.7 Å². The Labute approximate surface area is 121 Å². The molecular weight excluding hydrogens is 303 g/mol. The zero-order chi connectivity index (χ0) is 14.9. The highest BCUT2D eigenvalue weighted by atomic mass is 35.5. The van der Waals surface area contributed by atoms with Crippen LogP contribution in [0.1, 0.15) is 5.56 Å². The molecule has 0 heterocycles. The standard InChI is InChI=1S/C13H12ClFN2O2S/c1-8-2-5-13(12(16)6-8)20(18,19)17-9-3-4-11(15)10(14)7-9/h2-7,17H,16H2,1H3. The maximum Gasteiger partial charge on any atom is 0.263 e. The molecule has 0 amide bonds. The molecule has 3 N–H and O–H groups in total. The molecular formula is C13H12ClFN2O2S.